The van der Waals surface area contributed by atoms with Crippen molar-refractivity contribution in [1.82, 2.24) is 0 Å². The van der Waals surface area contributed by atoms with Gasteiger partial charge >= 0.3 is 5.97 Å². The molecule has 0 heterocycles. The first-order valence-corrected chi connectivity index (χ1v) is 8.31. The number of hydrogen-bond acceptors (Lipinski definition) is 5. The maximum Gasteiger partial charge on any atom is 0.308 e. The van der Waals surface area contributed by atoms with Crippen molar-refractivity contribution >= 4 is 23.1 Å². The summed E-state index contributed by atoms with van der Waals surface area (Å²) in [6, 6.07) is 13.5. The first-order chi connectivity index (χ1) is 12.4. The second kappa shape index (κ2) is 7.51. The molecule has 0 spiro atoms. The van der Waals surface area contributed by atoms with Crippen LogP contribution in [-0.4, -0.2) is 23.1 Å². The summed E-state index contributed by atoms with van der Waals surface area (Å²) in [5.41, 5.74) is 2.92. The van der Waals surface area contributed by atoms with Gasteiger partial charge in [0.1, 0.15) is 5.75 Å². The van der Waals surface area contributed by atoms with Crippen molar-refractivity contribution < 1.29 is 19.4 Å². The summed E-state index contributed by atoms with van der Waals surface area (Å²) < 4.78 is 4.95. The Morgan fingerprint density at radius 2 is 1.92 bits per heavy atom. The molecule has 0 saturated heterocycles. The molecule has 2 aromatic carbocycles. The Labute approximate surface area is 151 Å². The minimum absolute atomic E-state index is 0.367. The molecule has 0 fully saturated rings. The van der Waals surface area contributed by atoms with Crippen molar-refractivity contribution in [2.75, 3.05) is 5.01 Å². The van der Waals surface area contributed by atoms with Crippen molar-refractivity contribution in [3.63, 3.8) is 0 Å². The molecule has 0 bridgehead atoms. The van der Waals surface area contributed by atoms with Crippen molar-refractivity contribution in [2.24, 2.45) is 5.84 Å². The molecule has 1 atom stereocenters. The Morgan fingerprint density at radius 3 is 2.54 bits per heavy atom. The van der Waals surface area contributed by atoms with Gasteiger partial charge in [-0.15, -0.1) is 0 Å². The second-order valence-electron chi connectivity index (χ2n) is 6.14. The van der Waals surface area contributed by atoms with E-state index in [-0.39, 0.29) is 5.91 Å². The quantitative estimate of drug-likeness (QED) is 0.290. The van der Waals surface area contributed by atoms with Gasteiger partial charge in [-0.2, -0.15) is 0 Å². The van der Waals surface area contributed by atoms with E-state index in [2.05, 4.69) is 0 Å². The molecule has 0 aliphatic heterocycles. The maximum atomic E-state index is 12.6. The number of carbonyl (C=O) groups is 2. The average molecular weight is 352 g/mol. The van der Waals surface area contributed by atoms with Crippen LogP contribution in [0, 0.1) is 0 Å². The number of amides is 1. The normalized spacial score (nSPS) is 16.1. The minimum atomic E-state index is -0.423. The van der Waals surface area contributed by atoms with Crippen LogP contribution in [0.1, 0.15) is 35.7 Å². The lowest BCUT2D eigenvalue weighted by Crippen LogP contribution is -2.37. The largest absolute Gasteiger partial charge is 0.427 e. The summed E-state index contributed by atoms with van der Waals surface area (Å²) in [6.45, 7) is 1.31. The second-order valence-corrected chi connectivity index (χ2v) is 6.14. The van der Waals surface area contributed by atoms with Gasteiger partial charge in [0.05, 0.1) is 11.8 Å². The van der Waals surface area contributed by atoms with Crippen LogP contribution < -0.4 is 15.6 Å². The number of nitrogens with zero attached hydrogens (tertiary/aromatic N) is 1. The summed E-state index contributed by atoms with van der Waals surface area (Å²) in [7, 11) is 0. The lowest BCUT2D eigenvalue weighted by molar-refractivity contribution is -0.131. The van der Waals surface area contributed by atoms with Crippen LogP contribution in [0.15, 0.2) is 54.6 Å². The van der Waals surface area contributed by atoms with E-state index in [1.165, 1.54) is 6.92 Å². The fraction of sp³-hybridized carbons (Fsp3) is 0.200. The SMILES string of the molecule is CC(=O)Oc1ccc(C(=O)N(N)c2cccc(C3=CC(O)CC3)c2)cc1. The predicted octanol–water partition coefficient (Wildman–Crippen LogP) is 2.67. The maximum absolute atomic E-state index is 12.6. The zero-order chi connectivity index (χ0) is 18.7. The zero-order valence-electron chi connectivity index (χ0n) is 14.4. The number of esters is 1. The van der Waals surface area contributed by atoms with Gasteiger partial charge < -0.3 is 9.84 Å². The molecular weight excluding hydrogens is 332 g/mol. The van der Waals surface area contributed by atoms with Crippen LogP contribution in [-0.2, 0) is 4.79 Å². The van der Waals surface area contributed by atoms with Crippen LogP contribution in [0.3, 0.4) is 0 Å². The van der Waals surface area contributed by atoms with Crippen molar-refractivity contribution in [1.29, 1.82) is 0 Å². The standard InChI is InChI=1S/C20H20N2O4/c1-13(23)26-19-9-6-14(7-10-19)20(25)22(21)17-4-2-3-15(11-17)16-5-8-18(24)12-16/h2-4,6-7,9-12,18,24H,5,8,21H2,1H3. The number of rotatable bonds is 4. The number of benzene rings is 2. The van der Waals surface area contributed by atoms with E-state index < -0.39 is 12.1 Å². The summed E-state index contributed by atoms with van der Waals surface area (Å²) in [5, 5.41) is 10.7. The highest BCUT2D eigenvalue weighted by atomic mass is 16.5. The minimum Gasteiger partial charge on any atom is -0.427 e. The van der Waals surface area contributed by atoms with E-state index in [1.54, 1.807) is 30.3 Å². The summed E-state index contributed by atoms with van der Waals surface area (Å²) in [6.07, 6.45) is 2.91. The lowest BCUT2D eigenvalue weighted by atomic mass is 10.0. The zero-order valence-corrected chi connectivity index (χ0v) is 14.4. The highest BCUT2D eigenvalue weighted by molar-refractivity contribution is 6.05. The van der Waals surface area contributed by atoms with E-state index in [1.807, 2.05) is 24.3 Å². The van der Waals surface area contributed by atoms with E-state index >= 15 is 0 Å². The molecule has 6 nitrogen and oxygen atoms in total. The molecule has 0 saturated carbocycles. The van der Waals surface area contributed by atoms with Crippen molar-refractivity contribution in [2.45, 2.75) is 25.9 Å². The molecule has 0 aromatic heterocycles. The van der Waals surface area contributed by atoms with Gasteiger partial charge in [-0.1, -0.05) is 18.2 Å². The highest BCUT2D eigenvalue weighted by Crippen LogP contribution is 2.30. The van der Waals surface area contributed by atoms with Crippen molar-refractivity contribution in [3.8, 4) is 5.75 Å². The number of aliphatic hydroxyl groups is 1. The molecule has 134 valence electrons. The van der Waals surface area contributed by atoms with Crippen LogP contribution >= 0.6 is 0 Å². The Morgan fingerprint density at radius 1 is 1.19 bits per heavy atom. The molecule has 1 aliphatic carbocycles. The van der Waals surface area contributed by atoms with E-state index in [4.69, 9.17) is 10.6 Å². The third-order valence-electron chi connectivity index (χ3n) is 4.18. The number of allylic oxidation sites excluding steroid dienone is 1. The molecular formula is C20H20N2O4. The number of nitrogens with two attached hydrogens (primary N) is 1. The molecule has 26 heavy (non-hydrogen) atoms. The molecule has 2 aromatic rings. The average Bonchev–Trinajstić information content (AvgIpc) is 3.07. The van der Waals surface area contributed by atoms with E-state index in [0.717, 1.165) is 22.6 Å². The van der Waals surface area contributed by atoms with Gasteiger partial charge in [-0.3, -0.25) is 9.59 Å². The van der Waals surface area contributed by atoms with Gasteiger partial charge in [-0.05, 0) is 60.4 Å². The molecule has 1 amide bonds. The summed E-state index contributed by atoms with van der Waals surface area (Å²) >= 11 is 0. The van der Waals surface area contributed by atoms with Gasteiger partial charge in [-0.25, -0.2) is 10.9 Å². The number of ether oxygens (including phenoxy) is 1. The molecule has 1 aliphatic rings. The van der Waals surface area contributed by atoms with E-state index in [9.17, 15) is 14.7 Å². The Balaban J connectivity index is 1.78. The number of carbonyl (C=O) groups excluding carboxylic acids is 2. The predicted molar refractivity (Wildman–Crippen MR) is 98.4 cm³/mol. The first kappa shape index (κ1) is 17.8. The first-order valence-electron chi connectivity index (χ1n) is 8.31. The Bertz CT molecular complexity index is 858. The van der Waals surface area contributed by atoms with Crippen molar-refractivity contribution in [3.05, 3.63) is 65.7 Å². The fourth-order valence-electron chi connectivity index (χ4n) is 2.89. The molecule has 3 N–H and O–H groups in total. The highest BCUT2D eigenvalue weighted by Gasteiger charge is 2.18. The topological polar surface area (TPSA) is 92.9 Å². The third-order valence-corrected chi connectivity index (χ3v) is 4.18. The van der Waals surface area contributed by atoms with Gasteiger partial charge in [0, 0.05) is 12.5 Å². The Hall–Kier alpha value is -2.96. The lowest BCUT2D eigenvalue weighted by Gasteiger charge is -2.18. The number of aliphatic hydroxyl groups excluding tert-OH is 1. The molecule has 3 rings (SSSR count). The summed E-state index contributed by atoms with van der Waals surface area (Å²) in [5.74, 6) is 5.58. The fourth-order valence-corrected chi connectivity index (χ4v) is 2.89. The number of hydrogen-bond donors (Lipinski definition) is 2. The van der Waals surface area contributed by atoms with Gasteiger partial charge in [0.25, 0.3) is 5.91 Å². The molecule has 1 unspecified atom stereocenters. The third kappa shape index (κ3) is 3.99. The monoisotopic (exact) mass is 352 g/mol. The smallest absolute Gasteiger partial charge is 0.308 e. The molecule has 6 heteroatoms. The van der Waals surface area contributed by atoms with Crippen LogP contribution in [0.5, 0.6) is 5.75 Å². The van der Waals surface area contributed by atoms with Crippen LogP contribution in [0.2, 0.25) is 0 Å². The van der Waals surface area contributed by atoms with Gasteiger partial charge in [0.2, 0.25) is 0 Å². The number of hydrazine groups is 1. The van der Waals surface area contributed by atoms with Crippen LogP contribution in [0.25, 0.3) is 5.57 Å². The molecule has 0 radical (unpaired) electrons. The number of anilines is 1. The van der Waals surface area contributed by atoms with E-state index in [0.29, 0.717) is 23.4 Å². The van der Waals surface area contributed by atoms with Crippen LogP contribution in [0.4, 0.5) is 5.69 Å². The van der Waals surface area contributed by atoms with Gasteiger partial charge in [0.15, 0.2) is 0 Å². The summed E-state index contributed by atoms with van der Waals surface area (Å²) in [4.78, 5) is 23.6. The Kier molecular flexibility index (Phi) is 5.16.